The smallest absolute Gasteiger partial charge is 0.279 e. The predicted molar refractivity (Wildman–Crippen MR) is 117 cm³/mol. The van der Waals surface area contributed by atoms with E-state index in [1.165, 1.54) is 23.5 Å². The molecule has 0 aliphatic carbocycles. The molecule has 0 fully saturated rings. The Kier molecular flexibility index (Phi) is 5.69. The number of fused-ring (bicyclic) bond motifs is 2. The topological polar surface area (TPSA) is 86.7 Å². The fourth-order valence-electron chi connectivity index (χ4n) is 3.25. The van der Waals surface area contributed by atoms with Crippen molar-refractivity contribution in [3.63, 3.8) is 0 Å². The fourth-order valence-corrected chi connectivity index (χ4v) is 4.28. The number of rotatable bonds is 6. The van der Waals surface area contributed by atoms with E-state index in [1.807, 2.05) is 47.9 Å². The summed E-state index contributed by atoms with van der Waals surface area (Å²) in [6.45, 7) is 3.32. The van der Waals surface area contributed by atoms with E-state index in [2.05, 4.69) is 4.99 Å². The summed E-state index contributed by atoms with van der Waals surface area (Å²) in [5.74, 6) is -0.355. The average Bonchev–Trinajstić information content (AvgIpc) is 3.09. The number of carbonyl (C=O) groups excluding carboxylic acids is 1. The second kappa shape index (κ2) is 8.56. The summed E-state index contributed by atoms with van der Waals surface area (Å²) < 4.78 is 8.08. The van der Waals surface area contributed by atoms with Crippen LogP contribution in [0.25, 0.3) is 21.0 Å². The second-order valence-corrected chi connectivity index (χ2v) is 7.63. The Morgan fingerprint density at radius 3 is 2.70 bits per heavy atom. The number of nitro benzene ring substituents is 1. The highest BCUT2D eigenvalue weighted by Crippen LogP contribution is 2.23. The van der Waals surface area contributed by atoms with Crippen LogP contribution in [-0.2, 0) is 11.3 Å². The number of ether oxygens (including phenoxy) is 1. The molecule has 0 atom stereocenters. The van der Waals surface area contributed by atoms with Crippen molar-refractivity contribution in [2.45, 2.75) is 13.5 Å². The van der Waals surface area contributed by atoms with Crippen LogP contribution in [0.1, 0.15) is 17.3 Å². The molecule has 4 aromatic rings. The Hall–Kier alpha value is -3.36. The molecule has 1 amide bonds. The van der Waals surface area contributed by atoms with E-state index < -0.39 is 4.92 Å². The van der Waals surface area contributed by atoms with Crippen LogP contribution in [0.5, 0.6) is 0 Å². The molecule has 0 radical (unpaired) electrons. The first-order valence-electron chi connectivity index (χ1n) is 9.50. The molecule has 4 rings (SSSR count). The molecule has 0 aliphatic heterocycles. The van der Waals surface area contributed by atoms with E-state index >= 15 is 0 Å². The zero-order valence-corrected chi connectivity index (χ0v) is 17.1. The lowest BCUT2D eigenvalue weighted by atomic mass is 10.1. The van der Waals surface area contributed by atoms with Gasteiger partial charge in [-0.1, -0.05) is 41.7 Å². The van der Waals surface area contributed by atoms with Gasteiger partial charge in [-0.25, -0.2) is 0 Å². The van der Waals surface area contributed by atoms with Crippen LogP contribution in [0.4, 0.5) is 5.69 Å². The summed E-state index contributed by atoms with van der Waals surface area (Å²) in [6, 6.07) is 18.0. The molecular weight excluding hydrogens is 402 g/mol. The predicted octanol–water partition coefficient (Wildman–Crippen LogP) is 4.54. The van der Waals surface area contributed by atoms with E-state index in [0.29, 0.717) is 35.6 Å². The van der Waals surface area contributed by atoms with Crippen LogP contribution in [0.15, 0.2) is 65.7 Å². The third-order valence-electron chi connectivity index (χ3n) is 4.73. The normalized spacial score (nSPS) is 12.0. The zero-order chi connectivity index (χ0) is 21.1. The minimum atomic E-state index is -0.430. The summed E-state index contributed by atoms with van der Waals surface area (Å²) >= 11 is 1.33. The standard InChI is InChI=1S/C22H19N3O4S/c1-2-29-12-11-24-19-14-18(25(27)28)9-10-20(19)30-22(24)23-21(26)17-8-7-15-5-3-4-6-16(15)13-17/h3-10,13-14H,2,11-12H2,1H3. The number of carbonyl (C=O) groups is 1. The molecule has 7 nitrogen and oxygen atoms in total. The van der Waals surface area contributed by atoms with Crippen molar-refractivity contribution < 1.29 is 14.5 Å². The van der Waals surface area contributed by atoms with Gasteiger partial charge in [-0.15, -0.1) is 0 Å². The molecule has 3 aromatic carbocycles. The van der Waals surface area contributed by atoms with Crippen LogP contribution in [0.3, 0.4) is 0 Å². The van der Waals surface area contributed by atoms with Gasteiger partial charge in [0.1, 0.15) is 0 Å². The van der Waals surface area contributed by atoms with Gasteiger partial charge < -0.3 is 9.30 Å². The van der Waals surface area contributed by atoms with Crippen molar-refractivity contribution in [2.24, 2.45) is 4.99 Å². The number of amides is 1. The van der Waals surface area contributed by atoms with Gasteiger partial charge in [0.15, 0.2) is 4.80 Å². The molecule has 0 saturated heterocycles. The number of nitrogens with zero attached hydrogens (tertiary/aromatic N) is 3. The first-order valence-corrected chi connectivity index (χ1v) is 10.3. The van der Waals surface area contributed by atoms with Crippen LogP contribution in [0.2, 0.25) is 0 Å². The maximum absolute atomic E-state index is 12.9. The molecule has 1 heterocycles. The average molecular weight is 421 g/mol. The summed E-state index contributed by atoms with van der Waals surface area (Å²) in [5.41, 5.74) is 1.16. The number of hydrogen-bond acceptors (Lipinski definition) is 5. The summed E-state index contributed by atoms with van der Waals surface area (Å²) in [7, 11) is 0. The van der Waals surface area contributed by atoms with Gasteiger partial charge in [0, 0.05) is 30.8 Å². The van der Waals surface area contributed by atoms with Gasteiger partial charge in [-0.2, -0.15) is 4.99 Å². The molecular formula is C22H19N3O4S. The van der Waals surface area contributed by atoms with Crippen molar-refractivity contribution in [2.75, 3.05) is 13.2 Å². The third kappa shape index (κ3) is 4.00. The van der Waals surface area contributed by atoms with E-state index in [4.69, 9.17) is 4.74 Å². The number of nitro groups is 1. The number of aromatic nitrogens is 1. The van der Waals surface area contributed by atoms with Crippen LogP contribution in [0, 0.1) is 10.1 Å². The summed E-state index contributed by atoms with van der Waals surface area (Å²) in [5, 5.41) is 13.2. The van der Waals surface area contributed by atoms with Crippen LogP contribution < -0.4 is 4.80 Å². The Labute approximate surface area is 176 Å². The van der Waals surface area contributed by atoms with Crippen molar-refractivity contribution >= 4 is 43.9 Å². The minimum absolute atomic E-state index is 0.00198. The zero-order valence-electron chi connectivity index (χ0n) is 16.3. The van der Waals surface area contributed by atoms with E-state index in [-0.39, 0.29) is 11.6 Å². The second-order valence-electron chi connectivity index (χ2n) is 6.62. The molecule has 0 aliphatic rings. The third-order valence-corrected chi connectivity index (χ3v) is 5.79. The minimum Gasteiger partial charge on any atom is -0.380 e. The van der Waals surface area contributed by atoms with Gasteiger partial charge in [0.2, 0.25) is 0 Å². The largest absolute Gasteiger partial charge is 0.380 e. The highest BCUT2D eigenvalue weighted by molar-refractivity contribution is 7.16. The fraction of sp³-hybridized carbons (Fsp3) is 0.182. The van der Waals surface area contributed by atoms with Crippen molar-refractivity contribution in [1.82, 2.24) is 4.57 Å². The van der Waals surface area contributed by atoms with Crippen LogP contribution >= 0.6 is 11.3 Å². The SMILES string of the molecule is CCOCCn1c(=NC(=O)c2ccc3ccccc3c2)sc2ccc([N+](=O)[O-])cc21. The lowest BCUT2D eigenvalue weighted by Crippen LogP contribution is -2.19. The number of thiazole rings is 1. The molecule has 152 valence electrons. The number of hydrogen-bond donors (Lipinski definition) is 0. The Morgan fingerprint density at radius 2 is 1.93 bits per heavy atom. The van der Waals surface area contributed by atoms with Crippen molar-refractivity contribution in [3.8, 4) is 0 Å². The summed E-state index contributed by atoms with van der Waals surface area (Å²) in [6.07, 6.45) is 0. The molecule has 0 bridgehead atoms. The first-order chi connectivity index (χ1) is 14.6. The van der Waals surface area contributed by atoms with Crippen LogP contribution in [-0.4, -0.2) is 28.6 Å². The van der Waals surface area contributed by atoms with Gasteiger partial charge in [0.25, 0.3) is 11.6 Å². The molecule has 0 unspecified atom stereocenters. The van der Waals surface area contributed by atoms with Gasteiger partial charge >= 0.3 is 0 Å². The quantitative estimate of drug-likeness (QED) is 0.260. The lowest BCUT2D eigenvalue weighted by molar-refractivity contribution is -0.384. The highest BCUT2D eigenvalue weighted by atomic mass is 32.1. The molecule has 0 spiro atoms. The Balaban J connectivity index is 1.80. The van der Waals surface area contributed by atoms with Gasteiger partial charge in [-0.05, 0) is 35.9 Å². The molecule has 30 heavy (non-hydrogen) atoms. The van der Waals surface area contributed by atoms with Crippen molar-refractivity contribution in [3.05, 3.63) is 81.1 Å². The monoisotopic (exact) mass is 421 g/mol. The van der Waals surface area contributed by atoms with Crippen molar-refractivity contribution in [1.29, 1.82) is 0 Å². The first kappa shape index (κ1) is 19.9. The van der Waals surface area contributed by atoms with E-state index in [1.54, 1.807) is 12.1 Å². The number of non-ortho nitro benzene ring substituents is 1. The molecule has 0 N–H and O–H groups in total. The van der Waals surface area contributed by atoms with E-state index in [0.717, 1.165) is 15.5 Å². The van der Waals surface area contributed by atoms with E-state index in [9.17, 15) is 14.9 Å². The maximum atomic E-state index is 12.9. The Morgan fingerprint density at radius 1 is 1.13 bits per heavy atom. The molecule has 0 saturated carbocycles. The molecule has 8 heteroatoms. The highest BCUT2D eigenvalue weighted by Gasteiger charge is 2.14. The lowest BCUT2D eigenvalue weighted by Gasteiger charge is -2.05. The maximum Gasteiger partial charge on any atom is 0.279 e. The van der Waals surface area contributed by atoms with Gasteiger partial charge in [-0.3, -0.25) is 14.9 Å². The Bertz CT molecular complexity index is 1320. The number of benzene rings is 3. The summed E-state index contributed by atoms with van der Waals surface area (Å²) in [4.78, 5) is 28.5. The van der Waals surface area contributed by atoms with Gasteiger partial charge in [0.05, 0.1) is 21.7 Å². The molecule has 1 aromatic heterocycles.